The largest absolute Gasteiger partial charge is 0.495 e. The maximum Gasteiger partial charge on any atom is 0.255 e. The lowest BCUT2D eigenvalue weighted by Gasteiger charge is -2.21. The molecule has 140 valence electrons. The Morgan fingerprint density at radius 2 is 1.65 bits per heavy atom. The molecule has 0 bridgehead atoms. The Labute approximate surface area is 154 Å². The number of hydrogen-bond acceptors (Lipinski definition) is 4. The van der Waals surface area contributed by atoms with Gasteiger partial charge in [0.15, 0.2) is 0 Å². The zero-order valence-corrected chi connectivity index (χ0v) is 16.4. The predicted molar refractivity (Wildman–Crippen MR) is 102 cm³/mol. The van der Waals surface area contributed by atoms with Crippen molar-refractivity contribution >= 4 is 21.6 Å². The molecule has 7 heteroatoms. The van der Waals surface area contributed by atoms with Gasteiger partial charge < -0.3 is 10.1 Å². The molecule has 2 aromatic rings. The van der Waals surface area contributed by atoms with E-state index in [-0.39, 0.29) is 16.5 Å². The Morgan fingerprint density at radius 3 is 2.19 bits per heavy atom. The van der Waals surface area contributed by atoms with E-state index < -0.39 is 15.6 Å². The maximum absolute atomic E-state index is 12.5. The molecule has 0 saturated heterocycles. The number of nitrogens with one attached hydrogen (secondary N) is 2. The van der Waals surface area contributed by atoms with Crippen molar-refractivity contribution in [1.29, 1.82) is 0 Å². The summed E-state index contributed by atoms with van der Waals surface area (Å²) < 4.78 is 32.9. The van der Waals surface area contributed by atoms with Crippen LogP contribution < -0.4 is 14.8 Å². The number of ether oxygens (including phenoxy) is 1. The molecule has 0 spiro atoms. The van der Waals surface area contributed by atoms with Crippen LogP contribution in [0.3, 0.4) is 0 Å². The number of aryl methyl sites for hydroxylation is 1. The quantitative estimate of drug-likeness (QED) is 0.838. The van der Waals surface area contributed by atoms with Gasteiger partial charge in [-0.2, -0.15) is 0 Å². The van der Waals surface area contributed by atoms with Crippen LogP contribution in [0.2, 0.25) is 0 Å². The Hall–Kier alpha value is -2.38. The molecule has 0 aromatic heterocycles. The smallest absolute Gasteiger partial charge is 0.255 e. The summed E-state index contributed by atoms with van der Waals surface area (Å²) >= 11 is 0. The van der Waals surface area contributed by atoms with Crippen LogP contribution in [0, 0.1) is 6.92 Å². The zero-order chi connectivity index (χ0) is 19.5. The number of anilines is 1. The second-order valence-corrected chi connectivity index (χ2v) is 8.72. The van der Waals surface area contributed by atoms with Gasteiger partial charge in [-0.25, -0.2) is 13.1 Å². The molecule has 0 saturated carbocycles. The summed E-state index contributed by atoms with van der Waals surface area (Å²) in [5, 5.41) is 2.72. The number of carbonyl (C=O) groups is 1. The lowest BCUT2D eigenvalue weighted by atomic mass is 10.1. The number of hydrogen-bond donors (Lipinski definition) is 2. The highest BCUT2D eigenvalue weighted by Crippen LogP contribution is 2.28. The highest BCUT2D eigenvalue weighted by Gasteiger charge is 2.23. The van der Waals surface area contributed by atoms with Crippen molar-refractivity contribution in [1.82, 2.24) is 4.72 Å². The van der Waals surface area contributed by atoms with Crippen molar-refractivity contribution in [2.75, 3.05) is 12.4 Å². The molecule has 2 rings (SSSR count). The fourth-order valence-corrected chi connectivity index (χ4v) is 3.76. The number of methoxy groups -OCH3 is 1. The highest BCUT2D eigenvalue weighted by molar-refractivity contribution is 7.89. The van der Waals surface area contributed by atoms with Gasteiger partial charge in [0.05, 0.1) is 17.7 Å². The van der Waals surface area contributed by atoms with Crippen molar-refractivity contribution in [3.63, 3.8) is 0 Å². The summed E-state index contributed by atoms with van der Waals surface area (Å²) in [6, 6.07) is 11.4. The fraction of sp³-hybridized carbons (Fsp3) is 0.316. The molecule has 0 radical (unpaired) electrons. The van der Waals surface area contributed by atoms with E-state index in [2.05, 4.69) is 10.0 Å². The molecule has 0 aliphatic carbocycles. The van der Waals surface area contributed by atoms with Gasteiger partial charge in [0.25, 0.3) is 5.91 Å². The second kappa shape index (κ2) is 7.47. The molecular weight excluding hydrogens is 352 g/mol. The number of sulfonamides is 1. The van der Waals surface area contributed by atoms with Crippen molar-refractivity contribution in [3.05, 3.63) is 53.6 Å². The van der Waals surface area contributed by atoms with E-state index in [1.165, 1.54) is 25.3 Å². The van der Waals surface area contributed by atoms with Crippen LogP contribution in [0.4, 0.5) is 5.69 Å². The van der Waals surface area contributed by atoms with Gasteiger partial charge >= 0.3 is 0 Å². The molecule has 0 atom stereocenters. The number of carbonyl (C=O) groups excluding carboxylic acids is 1. The maximum atomic E-state index is 12.5. The first-order chi connectivity index (χ1) is 12.0. The van der Waals surface area contributed by atoms with E-state index in [1.807, 2.05) is 19.1 Å². The van der Waals surface area contributed by atoms with Crippen molar-refractivity contribution < 1.29 is 17.9 Å². The summed E-state index contributed by atoms with van der Waals surface area (Å²) in [6.45, 7) is 7.21. The summed E-state index contributed by atoms with van der Waals surface area (Å²) in [6.07, 6.45) is 0. The van der Waals surface area contributed by atoms with Crippen LogP contribution in [-0.4, -0.2) is 27.0 Å². The number of rotatable bonds is 5. The van der Waals surface area contributed by atoms with Crippen LogP contribution in [-0.2, 0) is 10.0 Å². The molecule has 0 heterocycles. The van der Waals surface area contributed by atoms with Crippen molar-refractivity contribution in [2.24, 2.45) is 0 Å². The third kappa shape index (κ3) is 5.06. The Kier molecular flexibility index (Phi) is 5.73. The molecule has 0 fully saturated rings. The third-order valence-electron chi connectivity index (χ3n) is 3.48. The van der Waals surface area contributed by atoms with E-state index in [0.717, 1.165) is 5.56 Å². The summed E-state index contributed by atoms with van der Waals surface area (Å²) in [5.74, 6) is 0.0294. The first-order valence-corrected chi connectivity index (χ1v) is 9.60. The lowest BCUT2D eigenvalue weighted by Crippen LogP contribution is -2.40. The zero-order valence-electron chi connectivity index (χ0n) is 15.6. The first kappa shape index (κ1) is 19.9. The third-order valence-corrected chi connectivity index (χ3v) is 5.24. The Morgan fingerprint density at radius 1 is 1.04 bits per heavy atom. The fourth-order valence-electron chi connectivity index (χ4n) is 2.31. The minimum atomic E-state index is -3.73. The van der Waals surface area contributed by atoms with E-state index in [1.54, 1.807) is 32.9 Å². The molecule has 2 N–H and O–H groups in total. The average molecular weight is 376 g/mol. The molecule has 0 aliphatic rings. The monoisotopic (exact) mass is 376 g/mol. The van der Waals surface area contributed by atoms with Gasteiger partial charge in [0, 0.05) is 11.1 Å². The Balaban J connectivity index is 2.35. The second-order valence-electron chi connectivity index (χ2n) is 7.04. The minimum Gasteiger partial charge on any atom is -0.495 e. The molecule has 1 amide bonds. The normalized spacial score (nSPS) is 11.9. The van der Waals surface area contributed by atoms with Gasteiger partial charge in [-0.05, 0) is 58.0 Å². The predicted octanol–water partition coefficient (Wildman–Crippen LogP) is 3.33. The van der Waals surface area contributed by atoms with E-state index in [4.69, 9.17) is 4.74 Å². The van der Waals surface area contributed by atoms with Crippen LogP contribution in [0.15, 0.2) is 47.4 Å². The van der Waals surface area contributed by atoms with Crippen molar-refractivity contribution in [3.8, 4) is 5.75 Å². The standard InChI is InChI=1S/C19H24N2O4S/c1-13-6-8-14(9-7-13)18(22)20-16-12-15(10-11-17(16)25-5)26(23,24)21-19(2,3)4/h6-12,21H,1-5H3,(H,20,22). The Bertz CT molecular complexity index is 898. The van der Waals surface area contributed by atoms with Gasteiger partial charge in [-0.15, -0.1) is 0 Å². The van der Waals surface area contributed by atoms with Crippen LogP contribution in [0.1, 0.15) is 36.7 Å². The van der Waals surface area contributed by atoms with Crippen molar-refractivity contribution in [2.45, 2.75) is 38.1 Å². The molecule has 0 aliphatic heterocycles. The highest BCUT2D eigenvalue weighted by atomic mass is 32.2. The molecular formula is C19H24N2O4S. The lowest BCUT2D eigenvalue weighted by molar-refractivity contribution is 0.102. The van der Waals surface area contributed by atoms with Gasteiger partial charge in [-0.3, -0.25) is 4.79 Å². The average Bonchev–Trinajstić information content (AvgIpc) is 2.53. The van der Waals surface area contributed by atoms with E-state index in [0.29, 0.717) is 11.3 Å². The first-order valence-electron chi connectivity index (χ1n) is 8.12. The minimum absolute atomic E-state index is 0.0485. The van der Waals surface area contributed by atoms with Gasteiger partial charge in [0.1, 0.15) is 5.75 Å². The molecule has 2 aromatic carbocycles. The van der Waals surface area contributed by atoms with Crippen LogP contribution >= 0.6 is 0 Å². The van der Waals surface area contributed by atoms with Crippen LogP contribution in [0.5, 0.6) is 5.75 Å². The SMILES string of the molecule is COc1ccc(S(=O)(=O)NC(C)(C)C)cc1NC(=O)c1ccc(C)cc1. The number of benzene rings is 2. The topological polar surface area (TPSA) is 84.5 Å². The summed E-state index contributed by atoms with van der Waals surface area (Å²) in [7, 11) is -2.27. The van der Waals surface area contributed by atoms with Gasteiger partial charge in [-0.1, -0.05) is 17.7 Å². The summed E-state index contributed by atoms with van der Waals surface area (Å²) in [5.41, 5.74) is 1.18. The van der Waals surface area contributed by atoms with E-state index in [9.17, 15) is 13.2 Å². The number of amides is 1. The van der Waals surface area contributed by atoms with Crippen LogP contribution in [0.25, 0.3) is 0 Å². The molecule has 6 nitrogen and oxygen atoms in total. The van der Waals surface area contributed by atoms with E-state index >= 15 is 0 Å². The molecule has 26 heavy (non-hydrogen) atoms. The molecule has 0 unspecified atom stereocenters. The van der Waals surface area contributed by atoms with Gasteiger partial charge in [0.2, 0.25) is 10.0 Å². The summed E-state index contributed by atoms with van der Waals surface area (Å²) in [4.78, 5) is 12.5.